The van der Waals surface area contributed by atoms with Crippen LogP contribution in [0.5, 0.6) is 0 Å². The van der Waals surface area contributed by atoms with Gasteiger partial charge < -0.3 is 20.0 Å². The number of carbonyl (C=O) groups is 2. The molecule has 2 aromatic heterocycles. The summed E-state index contributed by atoms with van der Waals surface area (Å²) in [6.45, 7) is 22.8. The van der Waals surface area contributed by atoms with Gasteiger partial charge in [-0.05, 0) is 35.6 Å². The Bertz CT molecular complexity index is 959. The van der Waals surface area contributed by atoms with Crippen LogP contribution in [0.2, 0.25) is 0 Å². The van der Waals surface area contributed by atoms with Crippen molar-refractivity contribution in [3.63, 3.8) is 0 Å². The third-order valence-corrected chi connectivity index (χ3v) is 4.70. The van der Waals surface area contributed by atoms with Crippen molar-refractivity contribution in [2.45, 2.75) is 55.4 Å². The summed E-state index contributed by atoms with van der Waals surface area (Å²) in [5.74, 6) is 5.09. The van der Waals surface area contributed by atoms with E-state index in [1.54, 1.807) is 41.7 Å². The zero-order chi connectivity index (χ0) is 31.9. The van der Waals surface area contributed by atoms with Gasteiger partial charge in [0.1, 0.15) is 0 Å². The molecule has 2 aliphatic heterocycles. The summed E-state index contributed by atoms with van der Waals surface area (Å²) in [6, 6.07) is 3.62. The van der Waals surface area contributed by atoms with Crippen LogP contribution in [0.4, 0.5) is 11.9 Å². The second-order valence-electron chi connectivity index (χ2n) is 6.68. The molecule has 42 heavy (non-hydrogen) atoms. The molecule has 0 atom stereocenters. The van der Waals surface area contributed by atoms with Crippen LogP contribution in [0.15, 0.2) is 36.9 Å². The van der Waals surface area contributed by atoms with E-state index in [0.29, 0.717) is 19.0 Å². The number of rotatable bonds is 2. The Hall–Kier alpha value is -3.67. The third kappa shape index (κ3) is 21.1. The maximum absolute atomic E-state index is 11.3. The van der Waals surface area contributed by atoms with Crippen LogP contribution in [-0.2, 0) is 9.59 Å². The van der Waals surface area contributed by atoms with E-state index in [-0.39, 0.29) is 14.3 Å². The minimum atomic E-state index is -0.745. The van der Waals surface area contributed by atoms with E-state index < -0.39 is 5.24 Å². The van der Waals surface area contributed by atoms with E-state index in [2.05, 4.69) is 54.1 Å². The average molecular weight is 600 g/mol. The number of hydrogen-bond acceptors (Lipinski definition) is 9. The van der Waals surface area contributed by atoms with Gasteiger partial charge >= 0.3 is 0 Å². The van der Waals surface area contributed by atoms with Crippen molar-refractivity contribution in [2.75, 3.05) is 62.2 Å². The second-order valence-corrected chi connectivity index (χ2v) is 7.02. The van der Waals surface area contributed by atoms with Crippen molar-refractivity contribution in [1.82, 2.24) is 30.2 Å². The van der Waals surface area contributed by atoms with Gasteiger partial charge in [0.05, 0.1) is 0 Å². The first-order valence-electron chi connectivity index (χ1n) is 14.2. The number of amides is 1. The lowest BCUT2D eigenvalue weighted by Gasteiger charge is -2.33. The maximum atomic E-state index is 11.3. The number of halogens is 1. The smallest absolute Gasteiger partial charge is 0.298 e. The molecule has 0 aliphatic carbocycles. The molecule has 2 aliphatic rings. The summed E-state index contributed by atoms with van der Waals surface area (Å²) in [4.78, 5) is 43.2. The van der Waals surface area contributed by atoms with Crippen molar-refractivity contribution >= 4 is 43.1 Å². The number of hydrogen-bond donors (Lipinski definition) is 1. The van der Waals surface area contributed by atoms with E-state index in [9.17, 15) is 9.59 Å². The normalized spacial score (nSPS) is 12.3. The highest BCUT2D eigenvalue weighted by Crippen LogP contribution is 2.09. The molecule has 231 valence electrons. The zero-order valence-electron chi connectivity index (χ0n) is 26.7. The number of nitrogens with one attached hydrogen (secondary N) is 1. The van der Waals surface area contributed by atoms with E-state index in [4.69, 9.17) is 6.42 Å². The number of terminal acetylenes is 2. The molecule has 2 fully saturated rings. The van der Waals surface area contributed by atoms with E-state index in [1.165, 1.54) is 0 Å². The highest BCUT2D eigenvalue weighted by molar-refractivity contribution is 6.68. The van der Waals surface area contributed by atoms with E-state index in [1.807, 2.05) is 66.4 Å². The van der Waals surface area contributed by atoms with Gasteiger partial charge in [-0.3, -0.25) is 9.59 Å². The monoisotopic (exact) mass is 599 g/mol. The third-order valence-electron chi connectivity index (χ3n) is 4.59. The zero-order valence-corrected chi connectivity index (χ0v) is 27.4. The minimum Gasteiger partial charge on any atom is -0.338 e. The number of anilines is 2. The summed E-state index contributed by atoms with van der Waals surface area (Å²) in [7, 11) is 0. The van der Waals surface area contributed by atoms with Gasteiger partial charge in [-0.25, -0.2) is 19.9 Å². The summed E-state index contributed by atoms with van der Waals surface area (Å²) in [5.41, 5.74) is 0. The first kappa shape index (κ1) is 45.3. The first-order valence-corrected chi connectivity index (χ1v) is 14.6. The first-order chi connectivity index (χ1) is 20.0. The van der Waals surface area contributed by atoms with Gasteiger partial charge in [0.25, 0.3) is 11.1 Å². The summed E-state index contributed by atoms with van der Waals surface area (Å²) < 4.78 is 0. The van der Waals surface area contributed by atoms with Gasteiger partial charge in [-0.15, -0.1) is 12.8 Å². The number of carbonyl (C=O) groups excluding carboxylic acids is 2. The molecule has 4 rings (SSSR count). The molecule has 3 radical (unpaired) electrons. The van der Waals surface area contributed by atoms with Crippen molar-refractivity contribution in [3.05, 3.63) is 36.9 Å². The topological polar surface area (TPSA) is 107 Å². The van der Waals surface area contributed by atoms with Crippen molar-refractivity contribution in [1.29, 1.82) is 0 Å². The molecule has 0 unspecified atom stereocenters. The van der Waals surface area contributed by atoms with Gasteiger partial charge in [0.2, 0.25) is 11.9 Å². The second kappa shape index (κ2) is 33.5. The van der Waals surface area contributed by atoms with Gasteiger partial charge in [0.15, 0.2) is 0 Å². The largest absolute Gasteiger partial charge is 0.338 e. The highest BCUT2D eigenvalue weighted by Gasteiger charge is 2.21. The predicted molar refractivity (Wildman–Crippen MR) is 178 cm³/mol. The molecule has 4 heterocycles. The molecule has 2 saturated heterocycles. The quantitative estimate of drug-likeness (QED) is 0.314. The predicted octanol–water partition coefficient (Wildman–Crippen LogP) is 3.75. The van der Waals surface area contributed by atoms with Crippen LogP contribution in [-0.4, -0.2) is 96.8 Å². The van der Waals surface area contributed by atoms with Gasteiger partial charge in [-0.1, -0.05) is 55.4 Å². The van der Waals surface area contributed by atoms with E-state index >= 15 is 0 Å². The Kier molecular flexibility index (Phi) is 36.2. The fourth-order valence-electron chi connectivity index (χ4n) is 2.97. The van der Waals surface area contributed by atoms with Crippen molar-refractivity contribution in [3.8, 4) is 24.7 Å². The molecule has 0 bridgehead atoms. The Morgan fingerprint density at radius 1 is 0.690 bits per heavy atom. The Morgan fingerprint density at radius 3 is 1.33 bits per heavy atom. The molecule has 12 heteroatoms. The van der Waals surface area contributed by atoms with Crippen LogP contribution in [0.3, 0.4) is 0 Å². The van der Waals surface area contributed by atoms with Crippen molar-refractivity contribution < 1.29 is 9.59 Å². The van der Waals surface area contributed by atoms with Crippen LogP contribution in [0.25, 0.3) is 0 Å². The number of aromatic nitrogens is 4. The standard InChI is InChI=1S/C11H12N4O.C8H12N4.C3HClO.4C2H6.B/c1-2-10(16)14-6-8-15(9-7-14)11-12-4-3-5-13-11;1-2-10-8(11-3-1)12-6-4-9-5-7-12;1-2-3(4)5;4*1-2;/h1,3-5H,6-9H2;1-3,9H,4-7H2;1H;4*1-2H3;. The van der Waals surface area contributed by atoms with Crippen LogP contribution < -0.4 is 15.1 Å². The fraction of sp³-hybridized carbons (Fsp3) is 0.533. The lowest BCUT2D eigenvalue weighted by molar-refractivity contribution is -0.125. The Balaban J connectivity index is -0.000000246. The summed E-state index contributed by atoms with van der Waals surface area (Å²) in [5, 5.41) is 2.54. The van der Waals surface area contributed by atoms with E-state index in [0.717, 1.165) is 45.2 Å². The van der Waals surface area contributed by atoms with Crippen molar-refractivity contribution in [2.24, 2.45) is 0 Å². The van der Waals surface area contributed by atoms with Crippen LogP contribution in [0.1, 0.15) is 55.4 Å². The lowest BCUT2D eigenvalue weighted by atomic mass is 10.3. The molecular formula is C30H49BClN8O2. The SMILES string of the molecule is C#CC(=O)Cl.C#CC(=O)N1CCN(c2ncccn2)CC1.CC.CC.CC.CC.[B].c1cnc(N2CCNCC2)nc1. The molecule has 10 nitrogen and oxygen atoms in total. The molecule has 0 aromatic carbocycles. The molecule has 2 aromatic rings. The average Bonchev–Trinajstić information content (AvgIpc) is 3.10. The summed E-state index contributed by atoms with van der Waals surface area (Å²) in [6.07, 6.45) is 16.5. The number of piperazine rings is 2. The molecule has 0 saturated carbocycles. The molecule has 0 spiro atoms. The fourth-order valence-corrected chi connectivity index (χ4v) is 2.97. The Labute approximate surface area is 261 Å². The highest BCUT2D eigenvalue weighted by atomic mass is 35.5. The maximum Gasteiger partial charge on any atom is 0.298 e. The summed E-state index contributed by atoms with van der Waals surface area (Å²) >= 11 is 4.59. The minimum absolute atomic E-state index is 0. The molecule has 1 amide bonds. The number of nitrogens with zero attached hydrogens (tertiary/aromatic N) is 7. The molecule has 1 N–H and O–H groups in total. The van der Waals surface area contributed by atoms with Crippen LogP contribution >= 0.6 is 11.6 Å². The Morgan fingerprint density at radius 2 is 1.02 bits per heavy atom. The lowest BCUT2D eigenvalue weighted by Crippen LogP contribution is -2.48. The van der Waals surface area contributed by atoms with Crippen LogP contribution in [0, 0.1) is 24.7 Å². The molecular weight excluding hydrogens is 551 g/mol. The van der Waals surface area contributed by atoms with Gasteiger partial charge in [0, 0.05) is 85.6 Å². The van der Waals surface area contributed by atoms with Gasteiger partial charge in [-0.2, -0.15) is 0 Å².